The fraction of sp³-hybridized carbons (Fsp3) is 0.314. The average molecular weight is 658 g/mol. The molecule has 2 heterocycles. The number of benzene rings is 4. The summed E-state index contributed by atoms with van der Waals surface area (Å²) in [6, 6.07) is 27.9. The third-order valence-corrected chi connectivity index (χ3v) is 9.96. The van der Waals surface area contributed by atoms with Crippen molar-refractivity contribution in [2.45, 2.75) is 61.5 Å². The van der Waals surface area contributed by atoms with Gasteiger partial charge in [-0.1, -0.05) is 72.4 Å². The van der Waals surface area contributed by atoms with Gasteiger partial charge in [0.05, 0.1) is 34.4 Å². The number of carbonyl (C=O) groups excluding carboxylic acids is 1. The Kier molecular flexibility index (Phi) is 9.55. The Hall–Kier alpha value is -4.03. The molecule has 1 saturated heterocycles. The monoisotopic (exact) mass is 657 g/mol. The van der Waals surface area contributed by atoms with Crippen LogP contribution in [-0.4, -0.2) is 45.9 Å². The van der Waals surface area contributed by atoms with Crippen LogP contribution in [0.3, 0.4) is 0 Å². The molecule has 0 amide bonds. The fourth-order valence-electron chi connectivity index (χ4n) is 5.50. The quantitative estimate of drug-likeness (QED) is 0.0665. The molecule has 0 N–H and O–H groups in total. The lowest BCUT2D eigenvalue weighted by Gasteiger charge is -2.37. The molecule has 2 atom stereocenters. The molecule has 5 aromatic rings. The van der Waals surface area contributed by atoms with E-state index >= 15 is 0 Å². The van der Waals surface area contributed by atoms with Crippen LogP contribution in [0.5, 0.6) is 0 Å². The Morgan fingerprint density at radius 3 is 2.54 bits per heavy atom. The first-order valence-corrected chi connectivity index (χ1v) is 16.9. The van der Waals surface area contributed by atoms with E-state index in [9.17, 15) is 14.9 Å². The van der Waals surface area contributed by atoms with E-state index in [0.717, 1.165) is 37.9 Å². The van der Waals surface area contributed by atoms with E-state index in [1.54, 1.807) is 29.0 Å². The topological polar surface area (TPSA) is 104 Å². The SMILES string of the molecule is CC(C)(C)OC(=O)ON1CCC(c2ccc(CSc3nc4ccc([N+](=O)[O-])cc4s3)cc2)C(OCc2ccc3ccccc3c2)C1. The van der Waals surface area contributed by atoms with Crippen LogP contribution in [0.15, 0.2) is 89.3 Å². The summed E-state index contributed by atoms with van der Waals surface area (Å²) < 4.78 is 13.6. The second-order valence-corrected chi connectivity index (χ2v) is 14.5. The normalized spacial score (nSPS) is 17.3. The molecule has 2 unspecified atom stereocenters. The number of non-ortho nitro benzene ring substituents is 1. The Balaban J connectivity index is 1.13. The van der Waals surface area contributed by atoms with Crippen molar-refractivity contribution in [2.75, 3.05) is 13.1 Å². The average Bonchev–Trinajstić information content (AvgIpc) is 3.44. The summed E-state index contributed by atoms with van der Waals surface area (Å²) >= 11 is 3.08. The van der Waals surface area contributed by atoms with Crippen molar-refractivity contribution < 1.29 is 24.0 Å². The van der Waals surface area contributed by atoms with Gasteiger partial charge in [-0.2, -0.15) is 0 Å². The van der Waals surface area contributed by atoms with E-state index in [1.165, 1.54) is 33.7 Å². The molecule has 0 radical (unpaired) electrons. The zero-order valence-electron chi connectivity index (χ0n) is 25.9. The summed E-state index contributed by atoms with van der Waals surface area (Å²) in [6.07, 6.45) is -0.181. The molecule has 11 heteroatoms. The predicted molar refractivity (Wildman–Crippen MR) is 181 cm³/mol. The number of nitrogens with zero attached hydrogens (tertiary/aromatic N) is 3. The van der Waals surface area contributed by atoms with Gasteiger partial charge in [0.1, 0.15) is 5.60 Å². The lowest BCUT2D eigenvalue weighted by molar-refractivity contribution is -0.384. The van der Waals surface area contributed by atoms with E-state index in [-0.39, 0.29) is 22.6 Å². The molecule has 0 aliphatic carbocycles. The van der Waals surface area contributed by atoms with Gasteiger partial charge in [0, 0.05) is 30.3 Å². The van der Waals surface area contributed by atoms with Gasteiger partial charge in [-0.15, -0.1) is 16.4 Å². The first-order chi connectivity index (χ1) is 22.1. The van der Waals surface area contributed by atoms with E-state index in [0.29, 0.717) is 19.7 Å². The highest BCUT2D eigenvalue weighted by Crippen LogP contribution is 2.35. The highest BCUT2D eigenvalue weighted by atomic mass is 32.2. The number of hydrogen-bond donors (Lipinski definition) is 0. The Morgan fingerprint density at radius 2 is 1.78 bits per heavy atom. The maximum Gasteiger partial charge on any atom is 0.528 e. The van der Waals surface area contributed by atoms with Crippen molar-refractivity contribution in [2.24, 2.45) is 0 Å². The molecule has 0 bridgehead atoms. The third kappa shape index (κ3) is 8.03. The summed E-state index contributed by atoms with van der Waals surface area (Å²) in [5.41, 5.74) is 3.60. The van der Waals surface area contributed by atoms with E-state index < -0.39 is 11.8 Å². The lowest BCUT2D eigenvalue weighted by Crippen LogP contribution is -2.45. The minimum Gasteiger partial charge on any atom is -0.427 e. The number of fused-ring (bicyclic) bond motifs is 2. The van der Waals surface area contributed by atoms with Crippen LogP contribution in [0.4, 0.5) is 10.5 Å². The Morgan fingerprint density at radius 1 is 1.02 bits per heavy atom. The van der Waals surface area contributed by atoms with Crippen molar-refractivity contribution in [1.82, 2.24) is 10.0 Å². The number of nitro benzene ring substituents is 1. The molecule has 1 aliphatic heterocycles. The van der Waals surface area contributed by atoms with Crippen LogP contribution in [0.25, 0.3) is 21.0 Å². The van der Waals surface area contributed by atoms with Gasteiger partial charge in [0.15, 0.2) is 4.34 Å². The Bertz CT molecular complexity index is 1850. The second-order valence-electron chi connectivity index (χ2n) is 12.3. The van der Waals surface area contributed by atoms with Crippen molar-refractivity contribution in [1.29, 1.82) is 0 Å². The number of ether oxygens (including phenoxy) is 2. The zero-order chi connectivity index (χ0) is 32.3. The largest absolute Gasteiger partial charge is 0.528 e. The summed E-state index contributed by atoms with van der Waals surface area (Å²) in [4.78, 5) is 33.4. The molecule has 1 fully saturated rings. The molecule has 6 rings (SSSR count). The molecule has 1 aliphatic rings. The third-order valence-electron chi connectivity index (χ3n) is 7.73. The standard InChI is InChI=1S/C35H35N3O6S2/c1-35(2,3)43-34(39)44-37-17-16-29(31(20-37)42-21-24-10-11-25-6-4-5-7-27(25)18-24)26-12-8-23(9-13-26)22-45-33-36-30-15-14-28(38(40)41)19-32(30)46-33/h4-15,18-19,29,31H,16-17,20-22H2,1-3H3. The number of thioether (sulfide) groups is 1. The van der Waals surface area contributed by atoms with Gasteiger partial charge in [0.2, 0.25) is 0 Å². The van der Waals surface area contributed by atoms with Crippen molar-refractivity contribution in [3.05, 3.63) is 112 Å². The van der Waals surface area contributed by atoms with Crippen LogP contribution in [0.2, 0.25) is 0 Å². The van der Waals surface area contributed by atoms with E-state index in [4.69, 9.17) is 14.3 Å². The number of piperidine rings is 1. The molecule has 46 heavy (non-hydrogen) atoms. The molecule has 9 nitrogen and oxygen atoms in total. The van der Waals surface area contributed by atoms with Crippen LogP contribution in [-0.2, 0) is 26.7 Å². The van der Waals surface area contributed by atoms with Crippen LogP contribution in [0.1, 0.15) is 49.8 Å². The highest BCUT2D eigenvalue weighted by Gasteiger charge is 2.34. The van der Waals surface area contributed by atoms with Gasteiger partial charge in [-0.25, -0.2) is 9.78 Å². The number of thiazole rings is 1. The lowest BCUT2D eigenvalue weighted by atomic mass is 9.87. The van der Waals surface area contributed by atoms with Crippen LogP contribution in [0, 0.1) is 10.1 Å². The van der Waals surface area contributed by atoms with Gasteiger partial charge in [0.25, 0.3) is 5.69 Å². The number of nitro groups is 1. The molecule has 238 valence electrons. The van der Waals surface area contributed by atoms with Gasteiger partial charge in [-0.3, -0.25) is 10.1 Å². The maximum absolute atomic E-state index is 12.4. The number of aromatic nitrogens is 1. The second kappa shape index (κ2) is 13.8. The molecular formula is C35H35N3O6S2. The highest BCUT2D eigenvalue weighted by molar-refractivity contribution is 8.00. The van der Waals surface area contributed by atoms with Crippen molar-refractivity contribution in [3.8, 4) is 0 Å². The number of rotatable bonds is 9. The van der Waals surface area contributed by atoms with Gasteiger partial charge in [-0.05, 0) is 66.8 Å². The Labute approximate surface area is 275 Å². The number of carbonyl (C=O) groups is 1. The molecule has 0 saturated carbocycles. The molecular weight excluding hydrogens is 623 g/mol. The number of hydrogen-bond acceptors (Lipinski definition) is 10. The molecule has 1 aromatic heterocycles. The molecule has 0 spiro atoms. The van der Waals surface area contributed by atoms with Gasteiger partial charge >= 0.3 is 6.16 Å². The van der Waals surface area contributed by atoms with Crippen molar-refractivity contribution >= 4 is 55.9 Å². The van der Waals surface area contributed by atoms with Crippen LogP contribution < -0.4 is 0 Å². The predicted octanol–water partition coefficient (Wildman–Crippen LogP) is 8.89. The summed E-state index contributed by atoms with van der Waals surface area (Å²) in [5.74, 6) is 0.840. The maximum atomic E-state index is 12.4. The minimum absolute atomic E-state index is 0.0741. The fourth-order valence-corrected chi connectivity index (χ4v) is 7.56. The van der Waals surface area contributed by atoms with E-state index in [2.05, 4.69) is 59.6 Å². The van der Waals surface area contributed by atoms with E-state index in [1.807, 2.05) is 32.9 Å². The minimum atomic E-state index is -0.715. The summed E-state index contributed by atoms with van der Waals surface area (Å²) in [6.45, 7) is 6.85. The first-order valence-electron chi connectivity index (χ1n) is 15.1. The first kappa shape index (κ1) is 31.9. The molecule has 4 aromatic carbocycles. The zero-order valence-corrected chi connectivity index (χ0v) is 27.5. The summed E-state index contributed by atoms with van der Waals surface area (Å²) in [5, 5.41) is 15.1. The van der Waals surface area contributed by atoms with Crippen LogP contribution >= 0.6 is 23.1 Å². The van der Waals surface area contributed by atoms with Gasteiger partial charge < -0.3 is 14.3 Å². The smallest absolute Gasteiger partial charge is 0.427 e. The summed E-state index contributed by atoms with van der Waals surface area (Å²) in [7, 11) is 0. The number of hydroxylamine groups is 2. The van der Waals surface area contributed by atoms with Crippen molar-refractivity contribution in [3.63, 3.8) is 0 Å².